The van der Waals surface area contributed by atoms with E-state index in [1.807, 2.05) is 19.0 Å². The van der Waals surface area contributed by atoms with Crippen LogP contribution >= 0.6 is 0 Å². The summed E-state index contributed by atoms with van der Waals surface area (Å²) in [6.07, 6.45) is 2.03. The molecule has 0 N–H and O–H groups in total. The number of hydrogen-bond acceptors (Lipinski definition) is 2. The molecule has 1 fully saturated rings. The quantitative estimate of drug-likeness (QED) is 0.825. The van der Waals surface area contributed by atoms with E-state index in [0.717, 1.165) is 25.9 Å². The van der Waals surface area contributed by atoms with E-state index in [-0.39, 0.29) is 11.3 Å². The van der Waals surface area contributed by atoms with E-state index in [4.69, 9.17) is 0 Å². The zero-order valence-corrected chi connectivity index (χ0v) is 16.3. The number of hydrogen-bond donors (Lipinski definition) is 0. The van der Waals surface area contributed by atoms with Crippen molar-refractivity contribution in [2.75, 3.05) is 33.7 Å². The molecule has 3 nitrogen and oxygen atoms in total. The average molecular weight is 348 g/mol. The lowest BCUT2D eigenvalue weighted by molar-refractivity contribution is -0.133. The molecular formula is C23H28N2O. The second-order valence-electron chi connectivity index (χ2n) is 8.30. The minimum Gasteiger partial charge on any atom is -0.342 e. The molecule has 0 radical (unpaired) electrons. The third-order valence-corrected chi connectivity index (χ3v) is 6.09. The second kappa shape index (κ2) is 6.24. The lowest BCUT2D eigenvalue weighted by Gasteiger charge is -2.41. The fraction of sp³-hybridized carbons (Fsp3) is 0.435. The van der Waals surface area contributed by atoms with Gasteiger partial charge in [-0.3, -0.25) is 4.79 Å². The molecule has 1 aliphatic heterocycles. The standard InChI is InChI=1S/C23H28N2O/c1-16-5-7-18-19-8-6-17(2)14-21(19)23(20(18)13-16)9-11-25(12-10-23)22(26)15-24(3)4/h5-8,13-14H,9-12,15H2,1-4H3. The molecule has 0 atom stereocenters. The van der Waals surface area contributed by atoms with Crippen molar-refractivity contribution in [3.05, 3.63) is 58.7 Å². The first-order valence-corrected chi connectivity index (χ1v) is 9.56. The summed E-state index contributed by atoms with van der Waals surface area (Å²) in [6, 6.07) is 13.8. The maximum atomic E-state index is 12.5. The molecule has 2 aromatic carbocycles. The predicted octanol–water partition coefficient (Wildman–Crippen LogP) is 3.75. The van der Waals surface area contributed by atoms with Gasteiger partial charge in [-0.15, -0.1) is 0 Å². The predicted molar refractivity (Wildman–Crippen MR) is 107 cm³/mol. The second-order valence-corrected chi connectivity index (χ2v) is 8.30. The van der Waals surface area contributed by atoms with E-state index >= 15 is 0 Å². The number of fused-ring (bicyclic) bond motifs is 5. The molecule has 0 bridgehead atoms. The van der Waals surface area contributed by atoms with Gasteiger partial charge in [-0.2, -0.15) is 0 Å². The Labute approximate surface area is 156 Å². The Hall–Kier alpha value is -2.13. The Morgan fingerprint density at radius 3 is 1.92 bits per heavy atom. The highest BCUT2D eigenvalue weighted by Gasteiger charge is 2.45. The molecule has 1 aliphatic carbocycles. The third-order valence-electron chi connectivity index (χ3n) is 6.09. The molecule has 0 unspecified atom stereocenters. The monoisotopic (exact) mass is 348 g/mol. The van der Waals surface area contributed by atoms with Crippen molar-refractivity contribution in [2.24, 2.45) is 0 Å². The lowest BCUT2D eigenvalue weighted by atomic mass is 9.70. The fourth-order valence-electron chi connectivity index (χ4n) is 4.77. The summed E-state index contributed by atoms with van der Waals surface area (Å²) < 4.78 is 0. The number of nitrogens with zero attached hydrogens (tertiary/aromatic N) is 2. The molecule has 4 rings (SSSR count). The molecule has 1 spiro atoms. The summed E-state index contributed by atoms with van der Waals surface area (Å²) in [7, 11) is 3.91. The SMILES string of the molecule is Cc1ccc2c(c1)C1(CCN(C(=O)CN(C)C)CC1)c1cc(C)ccc1-2. The van der Waals surface area contributed by atoms with E-state index in [1.54, 1.807) is 0 Å². The maximum absolute atomic E-state index is 12.5. The number of aryl methyl sites for hydroxylation is 2. The molecule has 0 aromatic heterocycles. The van der Waals surface area contributed by atoms with Crippen molar-refractivity contribution in [3.8, 4) is 11.1 Å². The van der Waals surface area contributed by atoms with Crippen LogP contribution in [0.5, 0.6) is 0 Å². The Bertz CT molecular complexity index is 807. The van der Waals surface area contributed by atoms with Gasteiger partial charge in [0.2, 0.25) is 5.91 Å². The molecule has 2 aromatic rings. The maximum Gasteiger partial charge on any atom is 0.236 e. The van der Waals surface area contributed by atoms with Crippen molar-refractivity contribution < 1.29 is 4.79 Å². The van der Waals surface area contributed by atoms with E-state index in [0.29, 0.717) is 6.54 Å². The first-order chi connectivity index (χ1) is 12.4. The molecular weight excluding hydrogens is 320 g/mol. The molecule has 1 heterocycles. The van der Waals surface area contributed by atoms with E-state index in [9.17, 15) is 4.79 Å². The van der Waals surface area contributed by atoms with Crippen molar-refractivity contribution in [3.63, 3.8) is 0 Å². The van der Waals surface area contributed by atoms with E-state index in [1.165, 1.54) is 33.4 Å². The largest absolute Gasteiger partial charge is 0.342 e. The zero-order chi connectivity index (χ0) is 18.5. The summed E-state index contributed by atoms with van der Waals surface area (Å²) in [5.74, 6) is 0.247. The van der Waals surface area contributed by atoms with Gasteiger partial charge in [0, 0.05) is 18.5 Å². The number of likely N-dealkylation sites (tertiary alicyclic amines) is 1. The highest BCUT2D eigenvalue weighted by Crippen LogP contribution is 2.54. The first kappa shape index (κ1) is 17.3. The van der Waals surface area contributed by atoms with Gasteiger partial charge in [-0.05, 0) is 63.0 Å². The van der Waals surface area contributed by atoms with Crippen LogP contribution in [0.25, 0.3) is 11.1 Å². The summed E-state index contributed by atoms with van der Waals surface area (Å²) in [5, 5.41) is 0. The van der Waals surface area contributed by atoms with Crippen molar-refractivity contribution in [1.82, 2.24) is 9.80 Å². The average Bonchev–Trinajstić information content (AvgIpc) is 2.84. The molecule has 136 valence electrons. The van der Waals surface area contributed by atoms with E-state index in [2.05, 4.69) is 55.1 Å². The number of piperidine rings is 1. The number of likely N-dealkylation sites (N-methyl/N-ethyl adjacent to an activating group) is 1. The van der Waals surface area contributed by atoms with Crippen LogP contribution in [0, 0.1) is 13.8 Å². The van der Waals surface area contributed by atoms with Crippen LogP contribution in [-0.2, 0) is 10.2 Å². The Balaban J connectivity index is 1.72. The third kappa shape index (κ3) is 2.66. The van der Waals surface area contributed by atoms with Gasteiger partial charge < -0.3 is 9.80 Å². The first-order valence-electron chi connectivity index (χ1n) is 9.56. The number of benzene rings is 2. The molecule has 0 saturated carbocycles. The van der Waals surface area contributed by atoms with Crippen LogP contribution < -0.4 is 0 Å². The molecule has 1 amide bonds. The Kier molecular flexibility index (Phi) is 4.15. The normalized spacial score (nSPS) is 17.5. The van der Waals surface area contributed by atoms with Crippen LogP contribution in [0.2, 0.25) is 0 Å². The Morgan fingerprint density at radius 1 is 0.962 bits per heavy atom. The number of carbonyl (C=O) groups is 1. The van der Waals surface area contributed by atoms with Crippen LogP contribution in [0.15, 0.2) is 36.4 Å². The number of amides is 1. The smallest absolute Gasteiger partial charge is 0.236 e. The minimum atomic E-state index is 0.0671. The van der Waals surface area contributed by atoms with Crippen LogP contribution in [0.3, 0.4) is 0 Å². The van der Waals surface area contributed by atoms with Gasteiger partial charge in [0.1, 0.15) is 0 Å². The molecule has 26 heavy (non-hydrogen) atoms. The molecule has 1 saturated heterocycles. The topological polar surface area (TPSA) is 23.6 Å². The molecule has 2 aliphatic rings. The van der Waals surface area contributed by atoms with Gasteiger partial charge in [0.25, 0.3) is 0 Å². The van der Waals surface area contributed by atoms with Gasteiger partial charge in [0.05, 0.1) is 6.54 Å². The van der Waals surface area contributed by atoms with Gasteiger partial charge in [0.15, 0.2) is 0 Å². The van der Waals surface area contributed by atoms with Crippen molar-refractivity contribution >= 4 is 5.91 Å². The summed E-state index contributed by atoms with van der Waals surface area (Å²) >= 11 is 0. The zero-order valence-electron chi connectivity index (χ0n) is 16.3. The van der Waals surface area contributed by atoms with E-state index < -0.39 is 0 Å². The van der Waals surface area contributed by atoms with Gasteiger partial charge in [-0.1, -0.05) is 47.5 Å². The summed E-state index contributed by atoms with van der Waals surface area (Å²) in [5.41, 5.74) is 8.42. The number of carbonyl (C=O) groups excluding carboxylic acids is 1. The van der Waals surface area contributed by atoms with Crippen LogP contribution in [0.1, 0.15) is 35.1 Å². The highest BCUT2D eigenvalue weighted by molar-refractivity contribution is 5.82. The molecule has 3 heteroatoms. The fourth-order valence-corrected chi connectivity index (χ4v) is 4.77. The van der Waals surface area contributed by atoms with Gasteiger partial charge >= 0.3 is 0 Å². The Morgan fingerprint density at radius 2 is 1.46 bits per heavy atom. The van der Waals surface area contributed by atoms with Gasteiger partial charge in [-0.25, -0.2) is 0 Å². The van der Waals surface area contributed by atoms with Crippen molar-refractivity contribution in [2.45, 2.75) is 32.1 Å². The summed E-state index contributed by atoms with van der Waals surface area (Å²) in [4.78, 5) is 16.5. The van der Waals surface area contributed by atoms with Crippen LogP contribution in [0.4, 0.5) is 0 Å². The minimum absolute atomic E-state index is 0.0671. The highest BCUT2D eigenvalue weighted by atomic mass is 16.2. The van der Waals surface area contributed by atoms with Crippen LogP contribution in [-0.4, -0.2) is 49.4 Å². The van der Waals surface area contributed by atoms with Crippen molar-refractivity contribution in [1.29, 1.82) is 0 Å². The summed E-state index contributed by atoms with van der Waals surface area (Å²) in [6.45, 7) is 6.54. The number of rotatable bonds is 2. The lowest BCUT2D eigenvalue weighted by Crippen LogP contribution is -2.47.